The average Bonchev–Trinajstić information content (AvgIpc) is 4.12. The van der Waals surface area contributed by atoms with Gasteiger partial charge in [-0.2, -0.15) is 11.8 Å². The lowest BCUT2D eigenvalue weighted by molar-refractivity contribution is 0.144. The number of hydrogen-bond acceptors (Lipinski definition) is 6. The van der Waals surface area contributed by atoms with Crippen molar-refractivity contribution in [1.82, 2.24) is 15.0 Å². The van der Waals surface area contributed by atoms with Gasteiger partial charge in [-0.15, -0.1) is 0 Å². The van der Waals surface area contributed by atoms with Crippen molar-refractivity contribution in [2.24, 2.45) is 11.8 Å². The summed E-state index contributed by atoms with van der Waals surface area (Å²) >= 11 is 13.1. The fourth-order valence-electron chi connectivity index (χ4n) is 8.29. The number of halogens is 6. The van der Waals surface area contributed by atoms with Crippen molar-refractivity contribution in [3.05, 3.63) is 176 Å². The van der Waals surface area contributed by atoms with Crippen LogP contribution in [0, 0.1) is 35.1 Å². The molecule has 10 rings (SSSR count). The second kappa shape index (κ2) is 21.3. The second-order valence-electron chi connectivity index (χ2n) is 17.0. The molecule has 5 aromatic carbocycles. The average molecular weight is 1020 g/mol. The topological polar surface area (TPSA) is 136 Å². The number of aliphatic hydroxyl groups excluding tert-OH is 1. The third-order valence-electron chi connectivity index (χ3n) is 11.5. The molecule has 8 aromatic rings. The van der Waals surface area contributed by atoms with Gasteiger partial charge in [0.2, 0.25) is 0 Å². The van der Waals surface area contributed by atoms with Crippen LogP contribution in [0.1, 0.15) is 71.1 Å². The molecule has 0 saturated heterocycles. The predicted octanol–water partition coefficient (Wildman–Crippen LogP) is 13.0. The highest BCUT2D eigenvalue weighted by molar-refractivity contribution is 7.97. The molecule has 67 heavy (non-hydrogen) atoms. The number of aromatic nitrogens is 3. The first-order valence-corrected chi connectivity index (χ1v) is 27.6. The van der Waals surface area contributed by atoms with E-state index < -0.39 is 55.0 Å². The van der Waals surface area contributed by atoms with Gasteiger partial charge in [0.25, 0.3) is 0 Å². The Bertz CT molecular complexity index is 3210. The molecule has 0 aliphatic heterocycles. The third kappa shape index (κ3) is 12.9. The zero-order valence-electron chi connectivity index (χ0n) is 36.7. The SMILES string of the molecule is CS(=O)(=O)Cc1cccc2c(C(c3c(F)cc(Cl)cc3F)C3CC3)c[nH]c12.CS(=O)(=O)Cc1cccc2cc[nH]c12.CSCc1cccc2cc[nH]c12.OC(c1c(F)cc(Cl)cc1F)C1CC1. The van der Waals surface area contributed by atoms with E-state index in [0.29, 0.717) is 11.1 Å². The molecule has 3 heterocycles. The number of aliphatic hydroxyl groups is 1. The number of aromatic amines is 3. The van der Waals surface area contributed by atoms with E-state index in [1.165, 1.54) is 29.0 Å². The zero-order chi connectivity index (χ0) is 48.2. The fraction of sp³-hybridized carbons (Fsp3) is 0.280. The Morgan fingerprint density at radius 2 is 1.07 bits per heavy atom. The summed E-state index contributed by atoms with van der Waals surface area (Å²) in [4.78, 5) is 9.43. The van der Waals surface area contributed by atoms with Crippen molar-refractivity contribution < 1.29 is 39.5 Å². The van der Waals surface area contributed by atoms with Gasteiger partial charge in [-0.25, -0.2) is 34.4 Å². The van der Waals surface area contributed by atoms with Crippen LogP contribution in [0.25, 0.3) is 32.7 Å². The summed E-state index contributed by atoms with van der Waals surface area (Å²) in [5.41, 5.74) is 6.31. The number of H-pyrrole nitrogens is 3. The Kier molecular flexibility index (Phi) is 15.9. The van der Waals surface area contributed by atoms with Crippen LogP contribution < -0.4 is 0 Å². The highest BCUT2D eigenvalue weighted by atomic mass is 35.5. The summed E-state index contributed by atoms with van der Waals surface area (Å²) in [6, 6.07) is 25.8. The lowest BCUT2D eigenvalue weighted by Gasteiger charge is -2.18. The normalized spacial score (nSPS) is 14.7. The number of benzene rings is 5. The molecular formula is C50H49Cl2F4N3O5S3. The minimum atomic E-state index is -3.21. The highest BCUT2D eigenvalue weighted by Crippen LogP contribution is 2.50. The summed E-state index contributed by atoms with van der Waals surface area (Å²) in [6.45, 7) is 0. The minimum absolute atomic E-state index is 0.000163. The van der Waals surface area contributed by atoms with Gasteiger partial charge in [0, 0.05) is 80.3 Å². The lowest BCUT2D eigenvalue weighted by Crippen LogP contribution is -2.09. The third-order valence-corrected chi connectivity index (χ3v) is 14.2. The number of hydrogen-bond donors (Lipinski definition) is 4. The maximum atomic E-state index is 14.6. The molecule has 0 bridgehead atoms. The molecule has 4 N–H and O–H groups in total. The van der Waals surface area contributed by atoms with Gasteiger partial charge in [-0.05, 0) is 113 Å². The van der Waals surface area contributed by atoms with Gasteiger partial charge < -0.3 is 20.1 Å². The first-order valence-electron chi connectivity index (χ1n) is 21.3. The van der Waals surface area contributed by atoms with Crippen LogP contribution in [0.3, 0.4) is 0 Å². The molecule has 17 heteroatoms. The molecule has 2 fully saturated rings. The number of thioether (sulfide) groups is 1. The van der Waals surface area contributed by atoms with Crippen molar-refractivity contribution in [3.63, 3.8) is 0 Å². The Balaban J connectivity index is 0.000000142. The highest BCUT2D eigenvalue weighted by Gasteiger charge is 2.38. The summed E-state index contributed by atoms with van der Waals surface area (Å²) in [6.07, 6.45) is 12.5. The molecule has 0 radical (unpaired) electrons. The van der Waals surface area contributed by atoms with Crippen LogP contribution in [0.5, 0.6) is 0 Å². The molecule has 2 aliphatic rings. The van der Waals surface area contributed by atoms with Gasteiger partial charge in [0.1, 0.15) is 23.3 Å². The molecule has 354 valence electrons. The number of nitrogens with one attached hydrogen (secondary N) is 3. The Morgan fingerprint density at radius 1 is 0.627 bits per heavy atom. The van der Waals surface area contributed by atoms with Gasteiger partial charge in [-0.1, -0.05) is 77.8 Å². The zero-order valence-corrected chi connectivity index (χ0v) is 40.7. The van der Waals surface area contributed by atoms with Gasteiger partial charge >= 0.3 is 0 Å². The van der Waals surface area contributed by atoms with E-state index in [0.717, 1.165) is 83.1 Å². The number of rotatable bonds is 11. The Labute approximate surface area is 401 Å². The first kappa shape index (κ1) is 50.1. The van der Waals surface area contributed by atoms with Gasteiger partial charge in [0.05, 0.1) is 23.2 Å². The van der Waals surface area contributed by atoms with Crippen LogP contribution >= 0.6 is 35.0 Å². The molecule has 2 saturated carbocycles. The summed E-state index contributed by atoms with van der Waals surface area (Å²) in [5, 5.41) is 12.8. The maximum Gasteiger partial charge on any atom is 0.151 e. The molecule has 0 spiro atoms. The van der Waals surface area contributed by atoms with E-state index >= 15 is 0 Å². The summed E-state index contributed by atoms with van der Waals surface area (Å²) < 4.78 is 102. The maximum absolute atomic E-state index is 14.6. The molecular weight excluding hydrogens is 966 g/mol. The molecule has 8 nitrogen and oxygen atoms in total. The van der Waals surface area contributed by atoms with E-state index in [1.807, 2.05) is 54.5 Å². The number of sulfone groups is 2. The number of para-hydroxylation sites is 3. The van der Waals surface area contributed by atoms with Crippen molar-refractivity contribution >= 4 is 87.3 Å². The smallest absolute Gasteiger partial charge is 0.151 e. The molecule has 2 unspecified atom stereocenters. The van der Waals surface area contributed by atoms with Crippen LogP contribution in [-0.4, -0.2) is 55.7 Å². The lowest BCUT2D eigenvalue weighted by atomic mass is 9.86. The van der Waals surface area contributed by atoms with E-state index in [2.05, 4.69) is 45.5 Å². The standard InChI is InChI=1S/C20H18ClF2NO2S.C10H9ClF2O.C10H11NO2S.C10H11NS/c1-27(25,26)10-12-3-2-4-14-15(9-24-20(12)14)18(11-5-6-11)19-16(22)7-13(21)8-17(19)23;11-6-3-7(12)9(8(13)4-6)10(14)5-1-2-5;1-14(12,13)7-9-4-2-3-8-5-6-11-10(8)9;1-12-7-9-4-2-3-8-5-6-11-10(8)9/h2-4,7-9,11,18,24H,5-6,10H2,1H3;3-5,10,14H,1-2H2;2-6,11H,7H2,1H3;2-6,11H,7H2,1H3. The Hall–Kier alpha value is -4.77. The van der Waals surface area contributed by atoms with Gasteiger partial charge in [-0.3, -0.25) is 0 Å². The van der Waals surface area contributed by atoms with Gasteiger partial charge in [0.15, 0.2) is 19.7 Å². The second-order valence-corrected chi connectivity index (χ2v) is 23.1. The van der Waals surface area contributed by atoms with Crippen LogP contribution in [0.2, 0.25) is 10.0 Å². The van der Waals surface area contributed by atoms with E-state index in [1.54, 1.807) is 18.3 Å². The molecule has 2 atom stereocenters. The fourth-order valence-corrected chi connectivity index (χ4v) is 10.8. The van der Waals surface area contributed by atoms with E-state index in [-0.39, 0.29) is 44.5 Å². The van der Waals surface area contributed by atoms with E-state index in [4.69, 9.17) is 23.2 Å². The summed E-state index contributed by atoms with van der Waals surface area (Å²) in [5.74, 6) is -2.07. The first-order chi connectivity index (χ1) is 31.8. The number of fused-ring (bicyclic) bond motifs is 3. The predicted molar refractivity (Wildman–Crippen MR) is 264 cm³/mol. The van der Waals surface area contributed by atoms with Crippen molar-refractivity contribution in [2.75, 3.05) is 18.8 Å². The van der Waals surface area contributed by atoms with Crippen LogP contribution in [0.15, 0.2) is 110 Å². The van der Waals surface area contributed by atoms with Crippen LogP contribution in [-0.2, 0) is 36.9 Å². The molecule has 0 amide bonds. The van der Waals surface area contributed by atoms with Crippen LogP contribution in [0.4, 0.5) is 17.6 Å². The quantitative estimate of drug-likeness (QED) is 0.0953. The largest absolute Gasteiger partial charge is 0.388 e. The molecule has 2 aliphatic carbocycles. The van der Waals surface area contributed by atoms with E-state index in [9.17, 15) is 39.5 Å². The van der Waals surface area contributed by atoms with Crippen molar-refractivity contribution in [3.8, 4) is 0 Å². The molecule has 3 aromatic heterocycles. The van der Waals surface area contributed by atoms with Crippen molar-refractivity contribution in [1.29, 1.82) is 0 Å². The summed E-state index contributed by atoms with van der Waals surface area (Å²) in [7, 11) is -6.18. The Morgan fingerprint density at radius 3 is 1.55 bits per heavy atom. The monoisotopic (exact) mass is 1010 g/mol. The minimum Gasteiger partial charge on any atom is -0.388 e. The van der Waals surface area contributed by atoms with Crippen molar-refractivity contribution in [2.45, 2.75) is 55.0 Å².